The average Bonchev–Trinajstić information content (AvgIpc) is 2.77. The van der Waals surface area contributed by atoms with Gasteiger partial charge in [-0.1, -0.05) is 20.8 Å². The SMILES string of the molecule is CC1(C)OB(c2cnc(C3(O)CC(CO[Si](C)(C)C(C)(C)C)C3)nc2)OC1(C)C. The molecule has 2 aliphatic rings. The summed E-state index contributed by atoms with van der Waals surface area (Å²) in [6.45, 7) is 20.0. The van der Waals surface area contributed by atoms with E-state index in [-0.39, 0.29) is 5.04 Å². The molecule has 2 heterocycles. The Balaban J connectivity index is 1.58. The molecule has 3 rings (SSSR count). The first-order chi connectivity index (χ1) is 13.1. The smallest absolute Gasteiger partial charge is 0.417 e. The van der Waals surface area contributed by atoms with Crippen LogP contribution < -0.4 is 5.46 Å². The molecule has 0 spiro atoms. The highest BCUT2D eigenvalue weighted by molar-refractivity contribution is 6.74. The van der Waals surface area contributed by atoms with E-state index in [1.54, 1.807) is 12.4 Å². The van der Waals surface area contributed by atoms with E-state index in [0.29, 0.717) is 31.2 Å². The van der Waals surface area contributed by atoms with Gasteiger partial charge in [-0.05, 0) is 64.6 Å². The fraction of sp³-hybridized carbons (Fsp3) is 0.810. The van der Waals surface area contributed by atoms with Crippen LogP contribution in [0.15, 0.2) is 12.4 Å². The Morgan fingerprint density at radius 2 is 1.59 bits per heavy atom. The molecule has 1 aliphatic carbocycles. The molecule has 0 radical (unpaired) electrons. The lowest BCUT2D eigenvalue weighted by molar-refractivity contribution is -0.0981. The highest BCUT2D eigenvalue weighted by Crippen LogP contribution is 2.45. The largest absolute Gasteiger partial charge is 0.498 e. The molecule has 1 N–H and O–H groups in total. The van der Waals surface area contributed by atoms with Gasteiger partial charge in [0.2, 0.25) is 0 Å². The monoisotopic (exact) mass is 420 g/mol. The molecule has 0 atom stereocenters. The van der Waals surface area contributed by atoms with Crippen LogP contribution in [0.25, 0.3) is 0 Å². The predicted octanol–water partition coefficient (Wildman–Crippen LogP) is 3.40. The van der Waals surface area contributed by atoms with Gasteiger partial charge in [0.15, 0.2) is 14.1 Å². The Morgan fingerprint density at radius 3 is 2.03 bits per heavy atom. The van der Waals surface area contributed by atoms with Crippen molar-refractivity contribution in [1.29, 1.82) is 0 Å². The lowest BCUT2D eigenvalue weighted by Crippen LogP contribution is -2.48. The van der Waals surface area contributed by atoms with Crippen LogP contribution in [0, 0.1) is 5.92 Å². The molecule has 0 unspecified atom stereocenters. The number of hydrogen-bond acceptors (Lipinski definition) is 6. The maximum Gasteiger partial charge on any atom is 0.498 e. The second-order valence-corrected chi connectivity index (χ2v) is 16.1. The van der Waals surface area contributed by atoms with Crippen LogP contribution in [0.4, 0.5) is 0 Å². The maximum atomic E-state index is 10.9. The quantitative estimate of drug-likeness (QED) is 0.736. The predicted molar refractivity (Wildman–Crippen MR) is 118 cm³/mol. The first kappa shape index (κ1) is 22.9. The van der Waals surface area contributed by atoms with E-state index in [2.05, 4.69) is 43.8 Å². The van der Waals surface area contributed by atoms with Gasteiger partial charge >= 0.3 is 7.12 Å². The lowest BCUT2D eigenvalue weighted by Gasteiger charge is -2.44. The summed E-state index contributed by atoms with van der Waals surface area (Å²) in [7, 11) is -2.25. The van der Waals surface area contributed by atoms with Gasteiger partial charge in [0.1, 0.15) is 5.60 Å². The number of aliphatic hydroxyl groups is 1. The van der Waals surface area contributed by atoms with Crippen molar-refractivity contribution in [3.63, 3.8) is 0 Å². The molecule has 6 nitrogen and oxygen atoms in total. The average molecular weight is 420 g/mol. The van der Waals surface area contributed by atoms with Crippen molar-refractivity contribution in [3.05, 3.63) is 18.2 Å². The number of hydrogen-bond donors (Lipinski definition) is 1. The highest BCUT2D eigenvalue weighted by Gasteiger charge is 2.52. The van der Waals surface area contributed by atoms with Crippen molar-refractivity contribution < 1.29 is 18.8 Å². The van der Waals surface area contributed by atoms with Crippen molar-refractivity contribution >= 4 is 20.9 Å². The molecule has 2 fully saturated rings. The van der Waals surface area contributed by atoms with E-state index in [0.717, 1.165) is 5.46 Å². The summed E-state index contributed by atoms with van der Waals surface area (Å²) in [5, 5.41) is 11.1. The summed E-state index contributed by atoms with van der Waals surface area (Å²) < 4.78 is 18.4. The summed E-state index contributed by atoms with van der Waals surface area (Å²) in [6, 6.07) is 0. The van der Waals surface area contributed by atoms with Crippen LogP contribution in [-0.2, 0) is 19.3 Å². The molecule has 29 heavy (non-hydrogen) atoms. The lowest BCUT2D eigenvalue weighted by atomic mass is 9.70. The van der Waals surface area contributed by atoms with Gasteiger partial charge < -0.3 is 18.8 Å². The van der Waals surface area contributed by atoms with Gasteiger partial charge in [0.05, 0.1) is 11.2 Å². The van der Waals surface area contributed by atoms with Gasteiger partial charge in [0, 0.05) is 24.5 Å². The fourth-order valence-electron chi connectivity index (χ4n) is 3.42. The molecule has 0 amide bonds. The summed E-state index contributed by atoms with van der Waals surface area (Å²) in [6.07, 6.45) is 4.69. The fourth-order valence-corrected chi connectivity index (χ4v) is 4.50. The van der Waals surface area contributed by atoms with E-state index in [1.807, 2.05) is 27.7 Å². The van der Waals surface area contributed by atoms with Crippen molar-refractivity contribution in [2.45, 2.75) is 96.2 Å². The van der Waals surface area contributed by atoms with E-state index >= 15 is 0 Å². The summed E-state index contributed by atoms with van der Waals surface area (Å²) >= 11 is 0. The number of aromatic nitrogens is 2. The third kappa shape index (κ3) is 4.33. The molecule has 1 aromatic rings. The topological polar surface area (TPSA) is 73.7 Å². The van der Waals surface area contributed by atoms with Crippen LogP contribution in [0.3, 0.4) is 0 Å². The maximum absolute atomic E-state index is 10.9. The molecule has 0 bridgehead atoms. The zero-order valence-electron chi connectivity index (χ0n) is 19.5. The summed E-state index contributed by atoms with van der Waals surface area (Å²) in [5.74, 6) is 0.821. The summed E-state index contributed by atoms with van der Waals surface area (Å²) in [5.41, 5.74) is -0.997. The van der Waals surface area contributed by atoms with Crippen LogP contribution >= 0.6 is 0 Å². The second-order valence-electron chi connectivity index (χ2n) is 11.3. The molecule has 1 saturated carbocycles. The van der Waals surface area contributed by atoms with Gasteiger partial charge in [-0.3, -0.25) is 0 Å². The van der Waals surface area contributed by atoms with E-state index in [1.165, 1.54) is 0 Å². The standard InChI is InChI=1S/C21H37BN2O4Si/c1-18(2,3)29(8,9)26-14-15-10-21(25,11-15)17-23-12-16(13-24-17)22-27-19(4,5)20(6,7)28-22/h12-13,15,25H,10-11,14H2,1-9H3. The Bertz CT molecular complexity index is 724. The van der Waals surface area contributed by atoms with E-state index in [4.69, 9.17) is 13.7 Å². The van der Waals surface area contributed by atoms with Crippen LogP contribution in [0.1, 0.15) is 67.1 Å². The minimum atomic E-state index is -1.76. The van der Waals surface area contributed by atoms with Crippen molar-refractivity contribution in [2.75, 3.05) is 6.61 Å². The number of nitrogens with zero attached hydrogens (tertiary/aromatic N) is 2. The van der Waals surface area contributed by atoms with Gasteiger partial charge in [-0.15, -0.1) is 0 Å². The van der Waals surface area contributed by atoms with E-state index < -0.39 is 32.2 Å². The minimum absolute atomic E-state index is 0.194. The second kappa shape index (κ2) is 7.12. The molecule has 162 valence electrons. The Labute approximate surface area is 177 Å². The third-order valence-electron chi connectivity index (χ3n) is 7.35. The van der Waals surface area contributed by atoms with E-state index in [9.17, 15) is 5.11 Å². The molecule has 1 saturated heterocycles. The van der Waals surface area contributed by atoms with Gasteiger partial charge in [0.25, 0.3) is 0 Å². The normalized spacial score (nSPS) is 29.0. The molecular weight excluding hydrogens is 383 g/mol. The first-order valence-electron chi connectivity index (χ1n) is 10.6. The summed E-state index contributed by atoms with van der Waals surface area (Å²) in [4.78, 5) is 8.88. The highest BCUT2D eigenvalue weighted by atomic mass is 28.4. The van der Waals surface area contributed by atoms with Crippen molar-refractivity contribution in [3.8, 4) is 0 Å². The zero-order chi connectivity index (χ0) is 21.9. The first-order valence-corrected chi connectivity index (χ1v) is 13.5. The minimum Gasteiger partial charge on any atom is -0.417 e. The van der Waals surface area contributed by atoms with Gasteiger partial charge in [-0.2, -0.15) is 0 Å². The van der Waals surface area contributed by atoms with Crippen molar-refractivity contribution in [2.24, 2.45) is 5.92 Å². The van der Waals surface area contributed by atoms with Crippen LogP contribution in [0.2, 0.25) is 18.1 Å². The Morgan fingerprint density at radius 1 is 1.10 bits per heavy atom. The van der Waals surface area contributed by atoms with Crippen LogP contribution in [0.5, 0.6) is 0 Å². The Hall–Kier alpha value is -0.798. The number of rotatable bonds is 5. The third-order valence-corrected chi connectivity index (χ3v) is 11.9. The molecular formula is C21H37BN2O4Si. The van der Waals surface area contributed by atoms with Crippen molar-refractivity contribution in [1.82, 2.24) is 9.97 Å². The zero-order valence-corrected chi connectivity index (χ0v) is 20.5. The molecule has 8 heteroatoms. The van der Waals surface area contributed by atoms with Crippen LogP contribution in [-0.4, -0.2) is 48.3 Å². The molecule has 0 aromatic carbocycles. The molecule has 1 aromatic heterocycles. The molecule has 1 aliphatic heterocycles. The Kier molecular flexibility index (Phi) is 5.62. The van der Waals surface area contributed by atoms with Gasteiger partial charge in [-0.25, -0.2) is 9.97 Å².